The quantitative estimate of drug-likeness (QED) is 0.895. The van der Waals surface area contributed by atoms with E-state index >= 15 is 0 Å². The van der Waals surface area contributed by atoms with E-state index in [9.17, 15) is 9.59 Å². The minimum atomic E-state index is -0.738. The van der Waals surface area contributed by atoms with Crippen molar-refractivity contribution in [3.05, 3.63) is 68.6 Å². The molecule has 0 bridgehead atoms. The van der Waals surface area contributed by atoms with E-state index in [2.05, 4.69) is 10.3 Å². The first kappa shape index (κ1) is 16.8. The highest BCUT2D eigenvalue weighted by Crippen LogP contribution is 2.33. The highest BCUT2D eigenvalue weighted by Gasteiger charge is 2.34. The molecule has 3 rings (SSSR count). The van der Waals surface area contributed by atoms with Crippen molar-refractivity contribution in [2.45, 2.75) is 44.6 Å². The minimum Gasteiger partial charge on any atom is -0.348 e. The van der Waals surface area contributed by atoms with Crippen LogP contribution >= 0.6 is 11.6 Å². The molecular weight excluding hydrogens is 324 g/mol. The second-order valence-corrected chi connectivity index (χ2v) is 7.19. The molecule has 126 valence electrons. The van der Waals surface area contributed by atoms with Gasteiger partial charge in [-0.05, 0) is 56.4 Å². The van der Waals surface area contributed by atoms with Gasteiger partial charge in [-0.2, -0.15) is 0 Å². The molecule has 1 aromatic heterocycles. The Balaban J connectivity index is 1.86. The molecule has 1 aliphatic rings. The normalized spacial score (nSPS) is 17.2. The van der Waals surface area contributed by atoms with E-state index < -0.39 is 5.41 Å². The zero-order valence-electron chi connectivity index (χ0n) is 13.9. The zero-order valence-corrected chi connectivity index (χ0v) is 14.6. The van der Waals surface area contributed by atoms with Gasteiger partial charge in [0.25, 0.3) is 0 Å². The molecule has 4 nitrogen and oxygen atoms in total. The number of hydrogen-bond acceptors (Lipinski definition) is 2. The summed E-state index contributed by atoms with van der Waals surface area (Å²) in [6, 6.07) is 10.7. The molecule has 0 fully saturated rings. The third-order valence-corrected chi connectivity index (χ3v) is 5.08. The molecule has 0 radical (unpaired) electrons. The number of aryl methyl sites for hydroxylation is 1. The summed E-state index contributed by atoms with van der Waals surface area (Å²) in [6.45, 7) is 3.75. The maximum absolute atomic E-state index is 12.9. The smallest absolute Gasteiger partial charge is 0.248 e. The predicted molar refractivity (Wildman–Crippen MR) is 95.4 cm³/mol. The number of pyridine rings is 1. The van der Waals surface area contributed by atoms with Crippen molar-refractivity contribution >= 4 is 17.5 Å². The van der Waals surface area contributed by atoms with E-state index in [-0.39, 0.29) is 17.5 Å². The van der Waals surface area contributed by atoms with Crippen LogP contribution in [0.3, 0.4) is 0 Å². The highest BCUT2D eigenvalue weighted by atomic mass is 35.5. The first-order chi connectivity index (χ1) is 11.4. The lowest BCUT2D eigenvalue weighted by Crippen LogP contribution is -2.43. The molecule has 1 atom stereocenters. The number of carbonyl (C=O) groups excluding carboxylic acids is 1. The highest BCUT2D eigenvalue weighted by molar-refractivity contribution is 6.31. The predicted octanol–water partition coefficient (Wildman–Crippen LogP) is 3.50. The van der Waals surface area contributed by atoms with Crippen LogP contribution in [0.4, 0.5) is 0 Å². The largest absolute Gasteiger partial charge is 0.348 e. The molecule has 24 heavy (non-hydrogen) atoms. The summed E-state index contributed by atoms with van der Waals surface area (Å²) >= 11 is 6.27. The lowest BCUT2D eigenvalue weighted by atomic mass is 9.82. The van der Waals surface area contributed by atoms with Gasteiger partial charge in [-0.15, -0.1) is 0 Å². The molecule has 0 spiro atoms. The van der Waals surface area contributed by atoms with Crippen molar-refractivity contribution in [1.29, 1.82) is 0 Å². The zero-order chi connectivity index (χ0) is 17.3. The average molecular weight is 345 g/mol. The monoisotopic (exact) mass is 344 g/mol. The van der Waals surface area contributed by atoms with Gasteiger partial charge in [-0.1, -0.05) is 29.8 Å². The van der Waals surface area contributed by atoms with E-state index in [0.717, 1.165) is 36.1 Å². The summed E-state index contributed by atoms with van der Waals surface area (Å²) < 4.78 is 0. The first-order valence-corrected chi connectivity index (χ1v) is 8.55. The summed E-state index contributed by atoms with van der Waals surface area (Å²) in [6.07, 6.45) is 2.64. The Labute approximate surface area is 146 Å². The van der Waals surface area contributed by atoms with E-state index in [1.165, 1.54) is 6.07 Å². The van der Waals surface area contributed by atoms with E-state index in [4.69, 9.17) is 11.6 Å². The molecule has 5 heteroatoms. The van der Waals surface area contributed by atoms with E-state index in [1.54, 1.807) is 6.07 Å². The Kier molecular flexibility index (Phi) is 4.50. The van der Waals surface area contributed by atoms with E-state index in [1.807, 2.05) is 38.1 Å². The van der Waals surface area contributed by atoms with Gasteiger partial charge in [0.1, 0.15) is 0 Å². The summed E-state index contributed by atoms with van der Waals surface area (Å²) in [7, 11) is 0. The number of fused-ring (bicyclic) bond motifs is 1. The van der Waals surface area contributed by atoms with Crippen LogP contribution in [-0.4, -0.2) is 10.9 Å². The van der Waals surface area contributed by atoms with Crippen molar-refractivity contribution in [1.82, 2.24) is 10.3 Å². The van der Waals surface area contributed by atoms with Gasteiger partial charge in [0, 0.05) is 16.8 Å². The van der Waals surface area contributed by atoms with Crippen molar-refractivity contribution in [3.8, 4) is 0 Å². The molecule has 2 N–H and O–H groups in total. The Morgan fingerprint density at radius 3 is 2.75 bits per heavy atom. The molecule has 1 heterocycles. The Morgan fingerprint density at radius 1 is 1.25 bits per heavy atom. The fourth-order valence-electron chi connectivity index (χ4n) is 3.28. The van der Waals surface area contributed by atoms with Crippen molar-refractivity contribution in [2.75, 3.05) is 0 Å². The standard InChI is InChI=1S/C19H21ClN2O2/c1-19(2,13-6-3-4-7-14(13)20)18(24)22-16-9-5-8-15-12(16)10-11-17(23)21-15/h3-4,6-7,10-11,16H,5,8-9H2,1-2H3,(H,21,23)(H,22,24)/t16-/m1/s1. The third-order valence-electron chi connectivity index (χ3n) is 4.75. The van der Waals surface area contributed by atoms with Crippen LogP contribution in [0.2, 0.25) is 5.02 Å². The first-order valence-electron chi connectivity index (χ1n) is 8.17. The second kappa shape index (κ2) is 6.44. The summed E-state index contributed by atoms with van der Waals surface area (Å²) in [5, 5.41) is 3.73. The van der Waals surface area contributed by atoms with Crippen molar-refractivity contribution in [2.24, 2.45) is 0 Å². The van der Waals surface area contributed by atoms with Gasteiger partial charge in [0.15, 0.2) is 0 Å². The van der Waals surface area contributed by atoms with Gasteiger partial charge in [0.2, 0.25) is 11.5 Å². The summed E-state index contributed by atoms with van der Waals surface area (Å²) in [4.78, 5) is 27.3. The molecular formula is C19H21ClN2O2. The van der Waals surface area contributed by atoms with Crippen LogP contribution in [0, 0.1) is 0 Å². The van der Waals surface area contributed by atoms with Gasteiger partial charge in [-0.25, -0.2) is 0 Å². The number of aromatic nitrogens is 1. The van der Waals surface area contributed by atoms with Crippen LogP contribution < -0.4 is 10.9 Å². The van der Waals surface area contributed by atoms with Crippen LogP contribution in [0.1, 0.15) is 49.6 Å². The lowest BCUT2D eigenvalue weighted by Gasteiger charge is -2.31. The van der Waals surface area contributed by atoms with E-state index in [0.29, 0.717) is 5.02 Å². The Hall–Kier alpha value is -2.07. The Bertz CT molecular complexity index is 826. The van der Waals surface area contributed by atoms with Gasteiger partial charge >= 0.3 is 0 Å². The average Bonchev–Trinajstić information content (AvgIpc) is 2.55. The maximum atomic E-state index is 12.9. The fourth-order valence-corrected chi connectivity index (χ4v) is 3.65. The second-order valence-electron chi connectivity index (χ2n) is 6.78. The number of nitrogens with one attached hydrogen (secondary N) is 2. The number of rotatable bonds is 3. The number of hydrogen-bond donors (Lipinski definition) is 2. The number of benzene rings is 1. The molecule has 1 aromatic carbocycles. The summed E-state index contributed by atoms with van der Waals surface area (Å²) in [5.74, 6) is -0.0698. The topological polar surface area (TPSA) is 62.0 Å². The maximum Gasteiger partial charge on any atom is 0.248 e. The van der Waals surface area contributed by atoms with Gasteiger partial charge in [-0.3, -0.25) is 9.59 Å². The molecule has 0 aliphatic heterocycles. The minimum absolute atomic E-state index is 0.0698. The molecule has 1 aliphatic carbocycles. The Morgan fingerprint density at radius 2 is 2.00 bits per heavy atom. The third kappa shape index (κ3) is 3.11. The summed E-state index contributed by atoms with van der Waals surface area (Å²) in [5.41, 5.74) is 1.90. The van der Waals surface area contributed by atoms with Crippen LogP contribution in [-0.2, 0) is 16.6 Å². The number of H-pyrrole nitrogens is 1. The molecule has 1 amide bonds. The lowest BCUT2D eigenvalue weighted by molar-refractivity contribution is -0.126. The van der Waals surface area contributed by atoms with Crippen molar-refractivity contribution in [3.63, 3.8) is 0 Å². The SMILES string of the molecule is CC(C)(C(=O)N[C@@H]1CCCc2[nH]c(=O)ccc21)c1ccccc1Cl. The van der Waals surface area contributed by atoms with Crippen molar-refractivity contribution < 1.29 is 4.79 Å². The van der Waals surface area contributed by atoms with Crippen LogP contribution in [0.5, 0.6) is 0 Å². The number of amides is 1. The molecule has 0 saturated carbocycles. The van der Waals surface area contributed by atoms with Crippen LogP contribution in [0.25, 0.3) is 0 Å². The van der Waals surface area contributed by atoms with Crippen LogP contribution in [0.15, 0.2) is 41.2 Å². The van der Waals surface area contributed by atoms with Gasteiger partial charge < -0.3 is 10.3 Å². The van der Waals surface area contributed by atoms with Gasteiger partial charge in [0.05, 0.1) is 11.5 Å². The number of carbonyl (C=O) groups is 1. The molecule has 0 saturated heterocycles. The molecule has 0 unspecified atom stereocenters. The number of halogens is 1. The molecule has 2 aromatic rings. The number of aromatic amines is 1. The fraction of sp³-hybridized carbons (Fsp3) is 0.368.